The summed E-state index contributed by atoms with van der Waals surface area (Å²) in [6.07, 6.45) is 0. The fourth-order valence-electron chi connectivity index (χ4n) is 1.67. The Kier molecular flexibility index (Phi) is 5.22. The third-order valence-corrected chi connectivity index (χ3v) is 3.97. The molecule has 2 aromatic rings. The number of nitrogens with one attached hydrogen (secondary N) is 1. The minimum atomic E-state index is -0.357. The molecule has 2 aromatic carbocycles. The first-order chi connectivity index (χ1) is 9.88. The van der Waals surface area contributed by atoms with Gasteiger partial charge in [-0.1, -0.05) is 46.4 Å². The number of aromatic hydroxyl groups is 1. The Hall–Kier alpha value is -1.13. The Bertz CT molecular complexity index is 704. The lowest BCUT2D eigenvalue weighted by atomic mass is 10.1. The number of rotatable bonds is 3. The van der Waals surface area contributed by atoms with E-state index in [-0.39, 0.29) is 28.2 Å². The molecule has 0 aliphatic heterocycles. The van der Waals surface area contributed by atoms with Crippen molar-refractivity contribution < 1.29 is 9.90 Å². The van der Waals surface area contributed by atoms with Crippen molar-refractivity contribution in [2.75, 3.05) is 0 Å². The Morgan fingerprint density at radius 3 is 2.38 bits per heavy atom. The highest BCUT2D eigenvalue weighted by Crippen LogP contribution is 2.31. The zero-order valence-electron chi connectivity index (χ0n) is 10.5. The molecule has 0 radical (unpaired) electrons. The molecule has 0 aliphatic rings. The summed E-state index contributed by atoms with van der Waals surface area (Å²) in [5.74, 6) is -0.473. The molecule has 0 spiro atoms. The minimum absolute atomic E-state index is 0.0746. The molecule has 0 unspecified atom stereocenters. The summed E-state index contributed by atoms with van der Waals surface area (Å²) in [6, 6.07) is 7.49. The second-order valence-electron chi connectivity index (χ2n) is 4.21. The molecule has 0 saturated heterocycles. The number of benzene rings is 2. The molecule has 0 aromatic heterocycles. The summed E-state index contributed by atoms with van der Waals surface area (Å²) in [4.78, 5) is 12.0. The predicted molar refractivity (Wildman–Crippen MR) is 85.8 cm³/mol. The number of carbonyl (C=O) groups is 1. The third-order valence-electron chi connectivity index (χ3n) is 2.73. The topological polar surface area (TPSA) is 49.3 Å². The number of hydrogen-bond donors (Lipinski definition) is 2. The van der Waals surface area contributed by atoms with Gasteiger partial charge in [0, 0.05) is 22.7 Å². The fourth-order valence-corrected chi connectivity index (χ4v) is 2.50. The first-order valence-electron chi connectivity index (χ1n) is 5.78. The van der Waals surface area contributed by atoms with E-state index in [9.17, 15) is 9.90 Å². The maximum atomic E-state index is 12.0. The Morgan fingerprint density at radius 2 is 1.71 bits per heavy atom. The van der Waals surface area contributed by atoms with Crippen molar-refractivity contribution in [3.8, 4) is 5.75 Å². The van der Waals surface area contributed by atoms with Crippen molar-refractivity contribution in [2.24, 2.45) is 0 Å². The monoisotopic (exact) mass is 363 g/mol. The van der Waals surface area contributed by atoms with Crippen LogP contribution in [0.5, 0.6) is 5.75 Å². The van der Waals surface area contributed by atoms with E-state index < -0.39 is 0 Å². The molecule has 0 atom stereocenters. The van der Waals surface area contributed by atoms with Gasteiger partial charge in [-0.3, -0.25) is 4.79 Å². The van der Waals surface area contributed by atoms with E-state index >= 15 is 0 Å². The van der Waals surface area contributed by atoms with Gasteiger partial charge < -0.3 is 10.4 Å². The van der Waals surface area contributed by atoms with E-state index in [1.807, 2.05) is 0 Å². The van der Waals surface area contributed by atoms with Gasteiger partial charge in [-0.15, -0.1) is 0 Å². The first kappa shape index (κ1) is 16.2. The Labute approximate surface area is 141 Å². The van der Waals surface area contributed by atoms with Gasteiger partial charge in [0.2, 0.25) is 0 Å². The molecule has 3 nitrogen and oxygen atoms in total. The molecule has 21 heavy (non-hydrogen) atoms. The van der Waals surface area contributed by atoms with E-state index in [1.54, 1.807) is 6.07 Å². The predicted octanol–water partition coefficient (Wildman–Crippen LogP) is 4.94. The summed E-state index contributed by atoms with van der Waals surface area (Å²) in [5.41, 5.74) is 0.776. The summed E-state index contributed by atoms with van der Waals surface area (Å²) < 4.78 is 0. The normalized spacial score (nSPS) is 10.5. The molecule has 2 N–H and O–H groups in total. The average molecular weight is 365 g/mol. The van der Waals surface area contributed by atoms with Gasteiger partial charge in [0.25, 0.3) is 5.91 Å². The zero-order chi connectivity index (χ0) is 15.6. The average Bonchev–Trinajstić information content (AvgIpc) is 2.43. The molecule has 0 saturated carbocycles. The van der Waals surface area contributed by atoms with Crippen LogP contribution >= 0.6 is 46.4 Å². The summed E-state index contributed by atoms with van der Waals surface area (Å²) in [5, 5.41) is 13.6. The Balaban J connectivity index is 2.12. The Morgan fingerprint density at radius 1 is 1.00 bits per heavy atom. The van der Waals surface area contributed by atoms with Crippen molar-refractivity contribution in [3.05, 3.63) is 61.5 Å². The molecule has 1 amide bonds. The van der Waals surface area contributed by atoms with E-state index in [0.29, 0.717) is 21.2 Å². The largest absolute Gasteiger partial charge is 0.506 e. The van der Waals surface area contributed by atoms with Gasteiger partial charge in [-0.2, -0.15) is 0 Å². The van der Waals surface area contributed by atoms with E-state index in [0.717, 1.165) is 0 Å². The number of halogens is 4. The van der Waals surface area contributed by atoms with Crippen LogP contribution in [0.2, 0.25) is 20.1 Å². The van der Waals surface area contributed by atoms with Crippen molar-refractivity contribution in [1.82, 2.24) is 5.32 Å². The van der Waals surface area contributed by atoms with Crippen LogP contribution in [0.3, 0.4) is 0 Å². The first-order valence-corrected chi connectivity index (χ1v) is 7.30. The number of phenolic OH excluding ortho intramolecular Hbond substituents is 1. The van der Waals surface area contributed by atoms with Gasteiger partial charge in [0.1, 0.15) is 5.75 Å². The van der Waals surface area contributed by atoms with Crippen LogP contribution in [0.25, 0.3) is 0 Å². The highest BCUT2D eigenvalue weighted by Gasteiger charge is 2.11. The van der Waals surface area contributed by atoms with Crippen molar-refractivity contribution in [1.29, 1.82) is 0 Å². The smallest absolute Gasteiger partial charge is 0.251 e. The lowest BCUT2D eigenvalue weighted by Gasteiger charge is -2.09. The number of amides is 1. The van der Waals surface area contributed by atoms with Crippen LogP contribution in [0.4, 0.5) is 0 Å². The van der Waals surface area contributed by atoms with Crippen molar-refractivity contribution >= 4 is 52.3 Å². The maximum absolute atomic E-state index is 12.0. The van der Waals surface area contributed by atoms with Crippen molar-refractivity contribution in [3.63, 3.8) is 0 Å². The third kappa shape index (κ3) is 3.95. The van der Waals surface area contributed by atoms with Crippen LogP contribution < -0.4 is 5.32 Å². The SMILES string of the molecule is O=C(NCc1cc(Cl)cc(Cl)c1O)c1ccc(Cl)c(Cl)c1. The van der Waals surface area contributed by atoms with Crippen LogP contribution in [-0.4, -0.2) is 11.0 Å². The quantitative estimate of drug-likeness (QED) is 0.810. The second kappa shape index (κ2) is 6.75. The van der Waals surface area contributed by atoms with Crippen LogP contribution in [0.1, 0.15) is 15.9 Å². The summed E-state index contributed by atoms with van der Waals surface area (Å²) in [7, 11) is 0. The van der Waals surface area contributed by atoms with Gasteiger partial charge in [0.05, 0.1) is 15.1 Å². The molecular formula is C14H9Cl4NO2. The van der Waals surface area contributed by atoms with E-state index in [2.05, 4.69) is 5.32 Å². The lowest BCUT2D eigenvalue weighted by Crippen LogP contribution is -2.22. The van der Waals surface area contributed by atoms with Crippen LogP contribution in [0, 0.1) is 0 Å². The minimum Gasteiger partial charge on any atom is -0.506 e. The number of carbonyl (C=O) groups excluding carboxylic acids is 1. The van der Waals surface area contributed by atoms with Crippen molar-refractivity contribution in [2.45, 2.75) is 6.54 Å². The molecule has 110 valence electrons. The lowest BCUT2D eigenvalue weighted by molar-refractivity contribution is 0.0951. The molecule has 0 heterocycles. The maximum Gasteiger partial charge on any atom is 0.251 e. The summed E-state index contributed by atoms with van der Waals surface area (Å²) >= 11 is 23.3. The van der Waals surface area contributed by atoms with Gasteiger partial charge in [-0.05, 0) is 30.3 Å². The highest BCUT2D eigenvalue weighted by atomic mass is 35.5. The van der Waals surface area contributed by atoms with Crippen LogP contribution in [-0.2, 0) is 6.54 Å². The van der Waals surface area contributed by atoms with Gasteiger partial charge in [-0.25, -0.2) is 0 Å². The zero-order valence-corrected chi connectivity index (χ0v) is 13.5. The molecule has 0 fully saturated rings. The molecule has 2 rings (SSSR count). The fraction of sp³-hybridized carbons (Fsp3) is 0.0714. The molecule has 0 bridgehead atoms. The van der Waals surface area contributed by atoms with E-state index in [4.69, 9.17) is 46.4 Å². The molecule has 7 heteroatoms. The summed E-state index contributed by atoms with van der Waals surface area (Å²) in [6.45, 7) is 0.0746. The van der Waals surface area contributed by atoms with E-state index in [1.165, 1.54) is 24.3 Å². The van der Waals surface area contributed by atoms with Gasteiger partial charge >= 0.3 is 0 Å². The number of hydrogen-bond acceptors (Lipinski definition) is 2. The molecule has 0 aliphatic carbocycles. The number of phenols is 1. The highest BCUT2D eigenvalue weighted by molar-refractivity contribution is 6.42. The second-order valence-corrected chi connectivity index (χ2v) is 5.86. The van der Waals surface area contributed by atoms with Crippen LogP contribution in [0.15, 0.2) is 30.3 Å². The standard InChI is InChI=1S/C14H9Cl4NO2/c15-9-3-8(13(20)12(18)5-9)6-19-14(21)7-1-2-10(16)11(17)4-7/h1-5,20H,6H2,(H,19,21). The van der Waals surface area contributed by atoms with Gasteiger partial charge in [0.15, 0.2) is 0 Å². The molecular weight excluding hydrogens is 356 g/mol.